The molecule has 1 atom stereocenters. The van der Waals surface area contributed by atoms with E-state index < -0.39 is 0 Å². The third-order valence-corrected chi connectivity index (χ3v) is 5.69. The molecule has 0 bridgehead atoms. The minimum Gasteiger partial charge on any atom is -0.375 e. The van der Waals surface area contributed by atoms with Gasteiger partial charge in [-0.3, -0.25) is 4.79 Å². The molecule has 2 aromatic carbocycles. The quantitative estimate of drug-likeness (QED) is 0.724. The van der Waals surface area contributed by atoms with Gasteiger partial charge in [-0.25, -0.2) is 0 Å². The summed E-state index contributed by atoms with van der Waals surface area (Å²) in [6.45, 7) is 11.2. The summed E-state index contributed by atoms with van der Waals surface area (Å²) in [6, 6.07) is 15.9. The highest BCUT2D eigenvalue weighted by molar-refractivity contribution is 6.01. The highest BCUT2D eigenvalue weighted by atomic mass is 16.1. The van der Waals surface area contributed by atoms with E-state index in [4.69, 9.17) is 0 Å². The van der Waals surface area contributed by atoms with Crippen molar-refractivity contribution in [1.82, 2.24) is 0 Å². The Kier molecular flexibility index (Phi) is 4.49. The summed E-state index contributed by atoms with van der Waals surface area (Å²) in [5.41, 5.74) is 5.03. The maximum atomic E-state index is 12.6. The third kappa shape index (κ3) is 3.49. The van der Waals surface area contributed by atoms with Crippen molar-refractivity contribution in [2.75, 3.05) is 5.32 Å². The topological polar surface area (TPSA) is 29.1 Å². The Labute approximate surface area is 151 Å². The molecule has 0 radical (unpaired) electrons. The van der Waals surface area contributed by atoms with Crippen LogP contribution in [0.3, 0.4) is 0 Å². The van der Waals surface area contributed by atoms with E-state index in [0.717, 1.165) is 11.3 Å². The van der Waals surface area contributed by atoms with Crippen LogP contribution in [0, 0.1) is 0 Å². The predicted molar refractivity (Wildman–Crippen MR) is 106 cm³/mol. The van der Waals surface area contributed by atoms with Crippen molar-refractivity contribution >= 4 is 11.5 Å². The molecule has 2 heteroatoms. The normalized spacial score (nSPS) is 18.9. The van der Waals surface area contributed by atoms with Crippen molar-refractivity contribution in [1.29, 1.82) is 0 Å². The van der Waals surface area contributed by atoms with Gasteiger partial charge in [0, 0.05) is 11.3 Å². The molecule has 0 fully saturated rings. The molecule has 0 saturated heterocycles. The van der Waals surface area contributed by atoms with Gasteiger partial charge in [0.05, 0.1) is 6.04 Å². The van der Waals surface area contributed by atoms with E-state index in [1.54, 1.807) is 0 Å². The van der Waals surface area contributed by atoms with Crippen LogP contribution in [0.15, 0.2) is 48.5 Å². The monoisotopic (exact) mass is 335 g/mol. The van der Waals surface area contributed by atoms with Crippen LogP contribution in [-0.4, -0.2) is 11.8 Å². The summed E-state index contributed by atoms with van der Waals surface area (Å²) in [7, 11) is 0. The van der Waals surface area contributed by atoms with Gasteiger partial charge >= 0.3 is 0 Å². The second-order valence-corrected chi connectivity index (χ2v) is 8.62. The van der Waals surface area contributed by atoms with E-state index in [0.29, 0.717) is 0 Å². The number of Topliss-reactive ketones (excluding diaryl/α,β-unsaturated/α-hetero) is 1. The lowest BCUT2D eigenvalue weighted by atomic mass is 9.63. The van der Waals surface area contributed by atoms with Gasteiger partial charge < -0.3 is 5.32 Å². The Morgan fingerprint density at radius 2 is 1.52 bits per heavy atom. The lowest BCUT2D eigenvalue weighted by molar-refractivity contribution is 0.0975. The highest BCUT2D eigenvalue weighted by Crippen LogP contribution is 2.46. The van der Waals surface area contributed by atoms with Crippen molar-refractivity contribution in [3.8, 4) is 0 Å². The number of carbonyl (C=O) groups excluding carboxylic acids is 1. The standard InChI is InChI=1S/C23H29NO/c1-16(21(25)17-9-7-6-8-10-17)24-18-11-12-19-20(15-18)23(4,5)14-13-22(19,2)3/h6-12,15-16,24H,13-14H2,1-5H3. The van der Waals surface area contributed by atoms with Crippen molar-refractivity contribution in [2.24, 2.45) is 0 Å². The maximum Gasteiger partial charge on any atom is 0.184 e. The lowest BCUT2D eigenvalue weighted by Gasteiger charge is -2.42. The van der Waals surface area contributed by atoms with Gasteiger partial charge in [-0.1, -0.05) is 64.1 Å². The molecule has 2 nitrogen and oxygen atoms in total. The smallest absolute Gasteiger partial charge is 0.184 e. The fraction of sp³-hybridized carbons (Fsp3) is 0.435. The number of hydrogen-bond donors (Lipinski definition) is 1. The summed E-state index contributed by atoms with van der Waals surface area (Å²) in [4.78, 5) is 12.6. The molecule has 0 aromatic heterocycles. The van der Waals surface area contributed by atoms with Gasteiger partial charge in [0.1, 0.15) is 0 Å². The van der Waals surface area contributed by atoms with E-state index in [2.05, 4.69) is 51.2 Å². The van der Waals surface area contributed by atoms with Gasteiger partial charge in [0.25, 0.3) is 0 Å². The van der Waals surface area contributed by atoms with Crippen LogP contribution >= 0.6 is 0 Å². The minimum atomic E-state index is -0.250. The molecule has 3 rings (SSSR count). The molecule has 0 saturated carbocycles. The zero-order valence-electron chi connectivity index (χ0n) is 16.0. The molecule has 0 amide bonds. The number of anilines is 1. The summed E-state index contributed by atoms with van der Waals surface area (Å²) in [5.74, 6) is 0.123. The first kappa shape index (κ1) is 17.7. The zero-order valence-corrected chi connectivity index (χ0v) is 16.0. The summed E-state index contributed by atoms with van der Waals surface area (Å²) < 4.78 is 0. The van der Waals surface area contributed by atoms with Gasteiger partial charge in [-0.05, 0) is 53.9 Å². The third-order valence-electron chi connectivity index (χ3n) is 5.69. The summed E-state index contributed by atoms with van der Waals surface area (Å²) in [5, 5.41) is 3.41. The Morgan fingerprint density at radius 1 is 0.920 bits per heavy atom. The minimum absolute atomic E-state index is 0.123. The number of ketones is 1. The number of rotatable bonds is 4. The van der Waals surface area contributed by atoms with E-state index in [1.807, 2.05) is 37.3 Å². The highest BCUT2D eigenvalue weighted by Gasteiger charge is 2.37. The molecule has 0 heterocycles. The predicted octanol–water partition coefficient (Wildman–Crippen LogP) is 5.72. The second kappa shape index (κ2) is 6.33. The number of hydrogen-bond acceptors (Lipinski definition) is 2. The molecule has 2 aromatic rings. The van der Waals surface area contributed by atoms with E-state index in [-0.39, 0.29) is 22.7 Å². The van der Waals surface area contributed by atoms with Gasteiger partial charge in [-0.15, -0.1) is 0 Å². The number of benzene rings is 2. The number of nitrogens with one attached hydrogen (secondary N) is 1. The lowest BCUT2D eigenvalue weighted by Crippen LogP contribution is -2.34. The average molecular weight is 335 g/mol. The van der Waals surface area contributed by atoms with Crippen molar-refractivity contribution in [2.45, 2.75) is 64.3 Å². The van der Waals surface area contributed by atoms with E-state index >= 15 is 0 Å². The first-order chi connectivity index (χ1) is 11.7. The first-order valence-electron chi connectivity index (χ1n) is 9.21. The van der Waals surface area contributed by atoms with Gasteiger partial charge in [0.15, 0.2) is 5.78 Å². The molecule has 0 spiro atoms. The van der Waals surface area contributed by atoms with Crippen LogP contribution in [0.5, 0.6) is 0 Å². The van der Waals surface area contributed by atoms with Crippen molar-refractivity contribution in [3.63, 3.8) is 0 Å². The van der Waals surface area contributed by atoms with Gasteiger partial charge in [0.2, 0.25) is 0 Å². The largest absolute Gasteiger partial charge is 0.375 e. The molecular weight excluding hydrogens is 306 g/mol. The van der Waals surface area contributed by atoms with Crippen LogP contribution in [0.4, 0.5) is 5.69 Å². The van der Waals surface area contributed by atoms with Crippen LogP contribution in [0.2, 0.25) is 0 Å². The summed E-state index contributed by atoms with van der Waals surface area (Å²) in [6.07, 6.45) is 2.40. The molecule has 1 N–H and O–H groups in total. The maximum absolute atomic E-state index is 12.6. The molecule has 1 aliphatic rings. The summed E-state index contributed by atoms with van der Waals surface area (Å²) >= 11 is 0. The van der Waals surface area contributed by atoms with Crippen molar-refractivity contribution < 1.29 is 4.79 Å². The second-order valence-electron chi connectivity index (χ2n) is 8.62. The molecule has 132 valence electrons. The van der Waals surface area contributed by atoms with Gasteiger partial charge in [-0.2, -0.15) is 0 Å². The molecule has 25 heavy (non-hydrogen) atoms. The Morgan fingerprint density at radius 3 is 2.16 bits per heavy atom. The fourth-order valence-electron chi connectivity index (χ4n) is 3.85. The van der Waals surface area contributed by atoms with Crippen LogP contribution in [0.25, 0.3) is 0 Å². The number of fused-ring (bicyclic) bond motifs is 1. The molecule has 0 aliphatic heterocycles. The fourth-order valence-corrected chi connectivity index (χ4v) is 3.85. The molecule has 1 unspecified atom stereocenters. The van der Waals surface area contributed by atoms with E-state index in [1.165, 1.54) is 24.0 Å². The Balaban J connectivity index is 1.86. The van der Waals surface area contributed by atoms with E-state index in [9.17, 15) is 4.79 Å². The zero-order chi connectivity index (χ0) is 18.2. The SMILES string of the molecule is CC(Nc1ccc2c(c1)C(C)(C)CCC2(C)C)C(=O)c1ccccc1. The first-order valence-corrected chi connectivity index (χ1v) is 9.21. The number of carbonyl (C=O) groups is 1. The van der Waals surface area contributed by atoms with Crippen molar-refractivity contribution in [3.05, 3.63) is 65.2 Å². The van der Waals surface area contributed by atoms with Crippen LogP contribution < -0.4 is 5.32 Å². The Bertz CT molecular complexity index is 774. The van der Waals surface area contributed by atoms with Crippen LogP contribution in [0.1, 0.15) is 68.9 Å². The molecular formula is C23H29NO. The average Bonchev–Trinajstić information content (AvgIpc) is 2.59. The van der Waals surface area contributed by atoms with Crippen LogP contribution in [-0.2, 0) is 10.8 Å². The molecule has 1 aliphatic carbocycles. The Hall–Kier alpha value is -2.09.